The lowest BCUT2D eigenvalue weighted by atomic mass is 9.98. The molecule has 0 aliphatic heterocycles. The van der Waals surface area contributed by atoms with Gasteiger partial charge in [0.25, 0.3) is 0 Å². The van der Waals surface area contributed by atoms with Crippen LogP contribution in [0.15, 0.2) is 33.8 Å². The average Bonchev–Trinajstić information content (AvgIpc) is 3.11. The largest absolute Gasteiger partial charge is 0.411 e. The second-order valence-corrected chi connectivity index (χ2v) is 7.70. The molecule has 4 rings (SSSR count). The summed E-state index contributed by atoms with van der Waals surface area (Å²) in [6, 6.07) is 8.23. The first kappa shape index (κ1) is 11.7. The van der Waals surface area contributed by atoms with Gasteiger partial charge >= 0.3 is 0 Å². The van der Waals surface area contributed by atoms with E-state index in [-0.39, 0.29) is 0 Å². The molecular weight excluding hydrogens is 276 g/mol. The standard InChI is InChI=1S/C14H14N2OS2/c17-16-12-8-5-6-9(7-8)13(12)19-14-15-10-3-1-2-4-11(10)18-14/h1-4,8-9,13,17H,5-7H2/b16-12-/t8-,9+,13-/m0/s1. The first-order valence-electron chi connectivity index (χ1n) is 6.59. The summed E-state index contributed by atoms with van der Waals surface area (Å²) in [5, 5.41) is 13.1. The molecule has 2 bridgehead atoms. The Morgan fingerprint density at radius 3 is 3.05 bits per heavy atom. The van der Waals surface area contributed by atoms with Crippen LogP contribution < -0.4 is 0 Å². The molecule has 1 aromatic heterocycles. The highest BCUT2D eigenvalue weighted by atomic mass is 32.2. The van der Waals surface area contributed by atoms with Crippen molar-refractivity contribution in [2.45, 2.75) is 28.9 Å². The van der Waals surface area contributed by atoms with Gasteiger partial charge in [-0.3, -0.25) is 0 Å². The molecule has 2 aliphatic carbocycles. The predicted octanol–water partition coefficient (Wildman–Crippen LogP) is 4.02. The van der Waals surface area contributed by atoms with Crippen LogP contribution in [-0.2, 0) is 0 Å². The van der Waals surface area contributed by atoms with Crippen LogP contribution in [0.1, 0.15) is 19.3 Å². The van der Waals surface area contributed by atoms with Crippen LogP contribution >= 0.6 is 23.1 Å². The van der Waals surface area contributed by atoms with Crippen molar-refractivity contribution in [1.82, 2.24) is 4.98 Å². The molecule has 2 aromatic rings. The topological polar surface area (TPSA) is 45.5 Å². The van der Waals surface area contributed by atoms with Gasteiger partial charge in [-0.25, -0.2) is 4.98 Å². The molecule has 0 spiro atoms. The number of hydrogen-bond acceptors (Lipinski definition) is 5. The van der Waals surface area contributed by atoms with E-state index in [0.29, 0.717) is 17.1 Å². The molecule has 3 nitrogen and oxygen atoms in total. The number of hydrogen-bond donors (Lipinski definition) is 1. The Morgan fingerprint density at radius 2 is 2.21 bits per heavy atom. The zero-order valence-corrected chi connectivity index (χ0v) is 12.0. The lowest BCUT2D eigenvalue weighted by Crippen LogP contribution is -2.24. The van der Waals surface area contributed by atoms with E-state index in [1.165, 1.54) is 24.0 Å². The van der Waals surface area contributed by atoms with Gasteiger partial charge < -0.3 is 5.21 Å². The molecular formula is C14H14N2OS2. The van der Waals surface area contributed by atoms with Gasteiger partial charge in [0.2, 0.25) is 0 Å². The predicted molar refractivity (Wildman–Crippen MR) is 79.3 cm³/mol. The van der Waals surface area contributed by atoms with Crippen LogP contribution in [0, 0.1) is 11.8 Å². The lowest BCUT2D eigenvalue weighted by molar-refractivity contribution is 0.314. The molecule has 0 amide bonds. The average molecular weight is 290 g/mol. The summed E-state index contributed by atoms with van der Waals surface area (Å²) < 4.78 is 2.33. The van der Waals surface area contributed by atoms with Crippen molar-refractivity contribution >= 4 is 39.0 Å². The van der Waals surface area contributed by atoms with Crippen LogP contribution in [-0.4, -0.2) is 21.2 Å². The van der Waals surface area contributed by atoms with E-state index in [1.54, 1.807) is 23.1 Å². The first-order chi connectivity index (χ1) is 9.35. The Labute approximate surface area is 119 Å². The summed E-state index contributed by atoms with van der Waals surface area (Å²) in [4.78, 5) is 4.67. The number of aromatic nitrogens is 1. The summed E-state index contributed by atoms with van der Waals surface area (Å²) in [6.45, 7) is 0. The summed E-state index contributed by atoms with van der Waals surface area (Å²) in [5.41, 5.74) is 2.07. The highest BCUT2D eigenvalue weighted by molar-refractivity contribution is 8.02. The summed E-state index contributed by atoms with van der Waals surface area (Å²) in [5.74, 6) is 1.19. The fraction of sp³-hybridized carbons (Fsp3) is 0.429. The molecule has 1 aromatic carbocycles. The zero-order chi connectivity index (χ0) is 12.8. The third-order valence-corrected chi connectivity index (χ3v) is 6.77. The minimum absolute atomic E-state index is 0.337. The van der Waals surface area contributed by atoms with Crippen molar-refractivity contribution in [1.29, 1.82) is 0 Å². The van der Waals surface area contributed by atoms with E-state index in [4.69, 9.17) is 0 Å². The number of fused-ring (bicyclic) bond motifs is 3. The number of benzene rings is 1. The van der Waals surface area contributed by atoms with Gasteiger partial charge in [0.05, 0.1) is 21.2 Å². The molecule has 0 saturated heterocycles. The van der Waals surface area contributed by atoms with Crippen molar-refractivity contribution < 1.29 is 5.21 Å². The quantitative estimate of drug-likeness (QED) is 0.671. The lowest BCUT2D eigenvalue weighted by Gasteiger charge is -2.20. The van der Waals surface area contributed by atoms with Crippen molar-refractivity contribution in [3.8, 4) is 0 Å². The first-order valence-corrected chi connectivity index (χ1v) is 8.29. The Hall–Kier alpha value is -1.07. The second kappa shape index (κ2) is 4.49. The van der Waals surface area contributed by atoms with Crippen molar-refractivity contribution in [2.75, 3.05) is 0 Å². The van der Waals surface area contributed by atoms with Crippen LogP contribution in [0.3, 0.4) is 0 Å². The number of nitrogens with zero attached hydrogens (tertiary/aromatic N) is 2. The monoisotopic (exact) mass is 290 g/mol. The molecule has 2 fully saturated rings. The third kappa shape index (κ3) is 1.87. The normalized spacial score (nSPS) is 31.6. The number of thioether (sulfide) groups is 1. The molecule has 2 saturated carbocycles. The van der Waals surface area contributed by atoms with E-state index >= 15 is 0 Å². The fourth-order valence-electron chi connectivity index (χ4n) is 3.34. The molecule has 19 heavy (non-hydrogen) atoms. The van der Waals surface area contributed by atoms with Gasteiger partial charge in [0, 0.05) is 5.92 Å². The molecule has 2 aliphatic rings. The number of para-hydroxylation sites is 1. The molecule has 3 atom stereocenters. The van der Waals surface area contributed by atoms with Gasteiger partial charge in [-0.2, -0.15) is 0 Å². The Kier molecular flexibility index (Phi) is 2.77. The van der Waals surface area contributed by atoms with Crippen molar-refractivity contribution in [3.05, 3.63) is 24.3 Å². The van der Waals surface area contributed by atoms with Crippen molar-refractivity contribution in [2.24, 2.45) is 17.0 Å². The number of rotatable bonds is 2. The van der Waals surface area contributed by atoms with E-state index in [9.17, 15) is 5.21 Å². The minimum atomic E-state index is 0.337. The van der Waals surface area contributed by atoms with E-state index in [0.717, 1.165) is 15.6 Å². The highest BCUT2D eigenvalue weighted by Gasteiger charge is 2.46. The minimum Gasteiger partial charge on any atom is -0.411 e. The summed E-state index contributed by atoms with van der Waals surface area (Å²) in [7, 11) is 0. The molecule has 98 valence electrons. The molecule has 0 radical (unpaired) electrons. The van der Waals surface area contributed by atoms with Crippen LogP contribution in [0.4, 0.5) is 0 Å². The SMILES string of the molecule is O/N=C1/[C@H]2CC[C@H](C2)[C@@H]1Sc1nc2ccccc2s1. The zero-order valence-electron chi connectivity index (χ0n) is 10.3. The van der Waals surface area contributed by atoms with Crippen LogP contribution in [0.25, 0.3) is 10.2 Å². The van der Waals surface area contributed by atoms with Gasteiger partial charge in [-0.05, 0) is 37.3 Å². The second-order valence-electron chi connectivity index (χ2n) is 5.28. The molecule has 1 N–H and O–H groups in total. The smallest absolute Gasteiger partial charge is 0.151 e. The Morgan fingerprint density at radius 1 is 1.32 bits per heavy atom. The van der Waals surface area contributed by atoms with Crippen molar-refractivity contribution in [3.63, 3.8) is 0 Å². The van der Waals surface area contributed by atoms with Gasteiger partial charge in [0.1, 0.15) is 0 Å². The summed E-state index contributed by atoms with van der Waals surface area (Å²) >= 11 is 3.53. The van der Waals surface area contributed by atoms with E-state index in [1.807, 2.05) is 12.1 Å². The molecule has 5 heteroatoms. The van der Waals surface area contributed by atoms with E-state index in [2.05, 4.69) is 22.3 Å². The van der Waals surface area contributed by atoms with Crippen LogP contribution in [0.5, 0.6) is 0 Å². The van der Waals surface area contributed by atoms with Crippen LogP contribution in [0.2, 0.25) is 0 Å². The summed E-state index contributed by atoms with van der Waals surface area (Å²) in [6.07, 6.45) is 3.66. The Bertz CT molecular complexity index is 619. The fourth-order valence-corrected chi connectivity index (χ4v) is 5.98. The maximum atomic E-state index is 9.23. The maximum absolute atomic E-state index is 9.23. The highest BCUT2D eigenvalue weighted by Crippen LogP contribution is 2.50. The number of oxime groups is 1. The molecule has 0 unspecified atom stereocenters. The Balaban J connectivity index is 1.64. The van der Waals surface area contributed by atoms with Gasteiger partial charge in [0.15, 0.2) is 4.34 Å². The third-order valence-electron chi connectivity index (χ3n) is 4.23. The molecule has 1 heterocycles. The number of thiazole rings is 1. The van der Waals surface area contributed by atoms with Gasteiger partial charge in [-0.1, -0.05) is 29.1 Å². The van der Waals surface area contributed by atoms with E-state index < -0.39 is 0 Å². The van der Waals surface area contributed by atoms with Gasteiger partial charge in [-0.15, -0.1) is 11.3 Å². The maximum Gasteiger partial charge on any atom is 0.151 e.